The van der Waals surface area contributed by atoms with Crippen molar-refractivity contribution in [2.24, 2.45) is 0 Å². The molecule has 0 bridgehead atoms. The SMILES string of the molecule is CCOC(=O)N1CCN(Cn2nc(-c3ccccc3Cl)n(-c3ccccc3)c2=S)CC1. The van der Waals surface area contributed by atoms with Crippen molar-refractivity contribution in [3.05, 3.63) is 64.4 Å². The van der Waals surface area contributed by atoms with E-state index in [1.54, 1.807) is 4.90 Å². The van der Waals surface area contributed by atoms with E-state index in [1.807, 2.05) is 70.8 Å². The lowest BCUT2D eigenvalue weighted by atomic mass is 10.2. The maximum absolute atomic E-state index is 11.9. The highest BCUT2D eigenvalue weighted by Gasteiger charge is 2.23. The summed E-state index contributed by atoms with van der Waals surface area (Å²) in [5.41, 5.74) is 1.76. The van der Waals surface area contributed by atoms with E-state index in [4.69, 9.17) is 33.7 Å². The summed E-state index contributed by atoms with van der Waals surface area (Å²) in [5, 5.41) is 5.46. The van der Waals surface area contributed by atoms with Gasteiger partial charge in [-0.05, 0) is 43.4 Å². The van der Waals surface area contributed by atoms with Crippen LogP contribution in [0.2, 0.25) is 5.02 Å². The van der Waals surface area contributed by atoms with Crippen molar-refractivity contribution in [3.8, 4) is 17.1 Å². The Morgan fingerprint density at radius 1 is 1.06 bits per heavy atom. The summed E-state index contributed by atoms with van der Waals surface area (Å²) in [6, 6.07) is 17.5. The molecule has 1 saturated heterocycles. The number of benzene rings is 2. The largest absolute Gasteiger partial charge is 0.450 e. The van der Waals surface area contributed by atoms with E-state index >= 15 is 0 Å². The van der Waals surface area contributed by atoms with Gasteiger partial charge in [-0.3, -0.25) is 9.47 Å². The first-order valence-electron chi connectivity index (χ1n) is 10.2. The molecule has 9 heteroatoms. The monoisotopic (exact) mass is 457 g/mol. The molecule has 0 radical (unpaired) electrons. The van der Waals surface area contributed by atoms with Crippen molar-refractivity contribution in [2.75, 3.05) is 32.8 Å². The molecule has 0 unspecified atom stereocenters. The molecule has 1 aliphatic rings. The zero-order chi connectivity index (χ0) is 21.8. The van der Waals surface area contributed by atoms with Gasteiger partial charge in [-0.2, -0.15) is 0 Å². The average molecular weight is 458 g/mol. The second-order valence-corrected chi connectivity index (χ2v) is 7.97. The van der Waals surface area contributed by atoms with Gasteiger partial charge in [-0.25, -0.2) is 9.48 Å². The molecule has 0 saturated carbocycles. The Morgan fingerprint density at radius 2 is 1.74 bits per heavy atom. The lowest BCUT2D eigenvalue weighted by Crippen LogP contribution is -2.49. The molecule has 162 valence electrons. The molecule has 0 atom stereocenters. The number of carbonyl (C=O) groups is 1. The zero-order valence-corrected chi connectivity index (χ0v) is 18.8. The molecule has 2 heterocycles. The Morgan fingerprint density at radius 3 is 2.42 bits per heavy atom. The number of aromatic nitrogens is 3. The van der Waals surface area contributed by atoms with Crippen LogP contribution in [-0.4, -0.2) is 63.0 Å². The molecule has 0 spiro atoms. The fourth-order valence-corrected chi connectivity index (χ4v) is 4.11. The molecular weight excluding hydrogens is 434 g/mol. The van der Waals surface area contributed by atoms with E-state index in [0.717, 1.165) is 24.3 Å². The summed E-state index contributed by atoms with van der Waals surface area (Å²) in [6.45, 7) is 5.41. The number of halogens is 1. The zero-order valence-electron chi connectivity index (χ0n) is 17.3. The lowest BCUT2D eigenvalue weighted by molar-refractivity contribution is 0.0691. The molecule has 7 nitrogen and oxygen atoms in total. The van der Waals surface area contributed by atoms with Crippen LogP contribution in [0.25, 0.3) is 17.1 Å². The maximum atomic E-state index is 11.9. The fourth-order valence-electron chi connectivity index (χ4n) is 3.60. The van der Waals surface area contributed by atoms with Crippen LogP contribution in [0.3, 0.4) is 0 Å². The normalized spacial score (nSPS) is 14.6. The standard InChI is InChI=1S/C22H24ClN5O2S/c1-2-30-22(29)26-14-12-25(13-15-26)16-27-21(31)28(17-8-4-3-5-9-17)20(24-27)18-10-6-7-11-19(18)23/h3-11H,2,12-16H2,1H3. The van der Waals surface area contributed by atoms with Crippen molar-refractivity contribution in [2.45, 2.75) is 13.6 Å². The fraction of sp³-hybridized carbons (Fsp3) is 0.318. The molecule has 1 amide bonds. The van der Waals surface area contributed by atoms with Crippen molar-refractivity contribution in [3.63, 3.8) is 0 Å². The average Bonchev–Trinajstić information content (AvgIpc) is 3.11. The Hall–Kier alpha value is -2.68. The summed E-state index contributed by atoms with van der Waals surface area (Å²) < 4.78 is 9.46. The van der Waals surface area contributed by atoms with Crippen LogP contribution in [0.1, 0.15) is 6.92 Å². The number of rotatable bonds is 5. The first kappa shape index (κ1) is 21.5. The number of hydrogen-bond acceptors (Lipinski definition) is 5. The minimum atomic E-state index is -0.256. The molecule has 31 heavy (non-hydrogen) atoms. The Bertz CT molecular complexity index is 1110. The third-order valence-corrected chi connectivity index (χ3v) is 5.92. The molecule has 1 aromatic heterocycles. The minimum Gasteiger partial charge on any atom is -0.450 e. The highest BCUT2D eigenvalue weighted by Crippen LogP contribution is 2.29. The first-order valence-corrected chi connectivity index (χ1v) is 11.0. The second-order valence-electron chi connectivity index (χ2n) is 7.20. The van der Waals surface area contributed by atoms with Crippen LogP contribution in [0.5, 0.6) is 0 Å². The van der Waals surface area contributed by atoms with Gasteiger partial charge in [0.25, 0.3) is 0 Å². The Labute approximate surface area is 191 Å². The number of amides is 1. The number of nitrogens with zero attached hydrogens (tertiary/aromatic N) is 5. The summed E-state index contributed by atoms with van der Waals surface area (Å²) in [7, 11) is 0. The predicted molar refractivity (Wildman–Crippen MR) is 123 cm³/mol. The summed E-state index contributed by atoms with van der Waals surface area (Å²) >= 11 is 12.3. The van der Waals surface area contributed by atoms with Crippen LogP contribution < -0.4 is 0 Å². The van der Waals surface area contributed by atoms with E-state index < -0.39 is 0 Å². The number of para-hydroxylation sites is 1. The van der Waals surface area contributed by atoms with Gasteiger partial charge < -0.3 is 9.64 Å². The van der Waals surface area contributed by atoms with Crippen LogP contribution in [0.4, 0.5) is 4.79 Å². The summed E-state index contributed by atoms with van der Waals surface area (Å²) in [4.78, 5) is 15.9. The Kier molecular flexibility index (Phi) is 6.70. The number of ether oxygens (including phenoxy) is 1. The topological polar surface area (TPSA) is 55.5 Å². The quantitative estimate of drug-likeness (QED) is 0.529. The van der Waals surface area contributed by atoms with Gasteiger partial charge in [0.15, 0.2) is 5.82 Å². The van der Waals surface area contributed by atoms with Gasteiger partial charge in [0.2, 0.25) is 4.77 Å². The number of hydrogen-bond donors (Lipinski definition) is 0. The van der Waals surface area contributed by atoms with Gasteiger partial charge in [0.1, 0.15) is 0 Å². The molecule has 0 N–H and O–H groups in total. The number of carbonyl (C=O) groups excluding carboxylic acids is 1. The van der Waals surface area contributed by atoms with E-state index in [-0.39, 0.29) is 6.09 Å². The minimum absolute atomic E-state index is 0.256. The molecule has 0 aliphatic carbocycles. The maximum Gasteiger partial charge on any atom is 0.409 e. The van der Waals surface area contributed by atoms with Crippen molar-refractivity contribution < 1.29 is 9.53 Å². The third-order valence-electron chi connectivity index (χ3n) is 5.20. The molecular formula is C22H24ClN5O2S. The van der Waals surface area contributed by atoms with Crippen molar-refractivity contribution in [1.29, 1.82) is 0 Å². The highest BCUT2D eigenvalue weighted by atomic mass is 35.5. The van der Waals surface area contributed by atoms with E-state index in [0.29, 0.717) is 42.0 Å². The van der Waals surface area contributed by atoms with Gasteiger partial charge in [0.05, 0.1) is 18.3 Å². The predicted octanol–water partition coefficient (Wildman–Crippen LogP) is 4.46. The van der Waals surface area contributed by atoms with Crippen LogP contribution in [0, 0.1) is 4.77 Å². The molecule has 1 aliphatic heterocycles. The third kappa shape index (κ3) is 4.66. The van der Waals surface area contributed by atoms with Crippen molar-refractivity contribution >= 4 is 29.9 Å². The highest BCUT2D eigenvalue weighted by molar-refractivity contribution is 7.71. The van der Waals surface area contributed by atoms with Crippen LogP contribution in [-0.2, 0) is 11.4 Å². The molecule has 2 aromatic carbocycles. The second kappa shape index (κ2) is 9.64. The van der Waals surface area contributed by atoms with Gasteiger partial charge in [0, 0.05) is 37.4 Å². The van der Waals surface area contributed by atoms with E-state index in [1.165, 1.54) is 0 Å². The lowest BCUT2D eigenvalue weighted by Gasteiger charge is -2.33. The van der Waals surface area contributed by atoms with E-state index in [9.17, 15) is 4.79 Å². The van der Waals surface area contributed by atoms with Gasteiger partial charge in [-0.1, -0.05) is 41.9 Å². The first-order chi connectivity index (χ1) is 15.1. The van der Waals surface area contributed by atoms with Gasteiger partial charge >= 0.3 is 6.09 Å². The van der Waals surface area contributed by atoms with Crippen molar-refractivity contribution in [1.82, 2.24) is 24.1 Å². The van der Waals surface area contributed by atoms with Crippen LogP contribution in [0.15, 0.2) is 54.6 Å². The molecule has 4 rings (SSSR count). The molecule has 1 fully saturated rings. The Balaban J connectivity index is 1.62. The van der Waals surface area contributed by atoms with Gasteiger partial charge in [-0.15, -0.1) is 5.10 Å². The smallest absolute Gasteiger partial charge is 0.409 e. The molecule has 3 aromatic rings. The summed E-state index contributed by atoms with van der Waals surface area (Å²) in [5.74, 6) is 0.701. The number of piperazine rings is 1. The summed E-state index contributed by atoms with van der Waals surface area (Å²) in [6.07, 6.45) is -0.256. The van der Waals surface area contributed by atoms with Crippen LogP contribution >= 0.6 is 23.8 Å². The van der Waals surface area contributed by atoms with E-state index in [2.05, 4.69) is 4.90 Å².